The molecule has 0 saturated carbocycles. The number of nitrogens with zero attached hydrogens (tertiary/aromatic N) is 1. The summed E-state index contributed by atoms with van der Waals surface area (Å²) in [4.78, 5) is 24.3. The molecule has 102 valence electrons. The fourth-order valence-electron chi connectivity index (χ4n) is 2.11. The minimum atomic E-state index is -0.925. The molecule has 6 heteroatoms. The zero-order chi connectivity index (χ0) is 14.0. The molecular weight excluding hydrogens is 253 g/mol. The van der Waals surface area contributed by atoms with E-state index >= 15 is 0 Å². The summed E-state index contributed by atoms with van der Waals surface area (Å²) in [6, 6.07) is 3.99. The molecule has 0 aromatic heterocycles. The third-order valence-corrected chi connectivity index (χ3v) is 3.23. The average molecular weight is 267 g/mol. The third-order valence-electron chi connectivity index (χ3n) is 3.23. The second-order valence-electron chi connectivity index (χ2n) is 4.42. The molecule has 2 rings (SSSR count). The zero-order valence-corrected chi connectivity index (χ0v) is 10.4. The molecule has 0 aliphatic carbocycles. The minimum absolute atomic E-state index is 0.0631. The first-order valence-corrected chi connectivity index (χ1v) is 5.88. The molecule has 5 nitrogen and oxygen atoms in total. The smallest absolute Gasteiger partial charge is 0.308 e. The highest BCUT2D eigenvalue weighted by Gasteiger charge is 2.32. The number of hydrogen-bond donors (Lipinski definition) is 1. The van der Waals surface area contributed by atoms with Crippen LogP contribution in [0.3, 0.4) is 0 Å². The van der Waals surface area contributed by atoms with Crippen LogP contribution >= 0.6 is 0 Å². The Morgan fingerprint density at radius 3 is 2.74 bits per heavy atom. The summed E-state index contributed by atoms with van der Waals surface area (Å²) in [6.07, 6.45) is 0.402. The van der Waals surface area contributed by atoms with Crippen molar-refractivity contribution in [2.24, 2.45) is 5.92 Å². The zero-order valence-electron chi connectivity index (χ0n) is 10.4. The Balaban J connectivity index is 2.14. The highest BCUT2D eigenvalue weighted by molar-refractivity contribution is 5.95. The minimum Gasteiger partial charge on any atom is -0.497 e. The molecule has 19 heavy (non-hydrogen) atoms. The normalized spacial score (nSPS) is 18.4. The van der Waals surface area contributed by atoms with Crippen LogP contribution in [0.5, 0.6) is 5.75 Å². The summed E-state index contributed by atoms with van der Waals surface area (Å²) in [5, 5.41) is 8.88. The van der Waals surface area contributed by atoms with Crippen LogP contribution in [0, 0.1) is 11.7 Å². The van der Waals surface area contributed by atoms with Crippen molar-refractivity contribution in [1.29, 1.82) is 0 Å². The Morgan fingerprint density at radius 2 is 2.21 bits per heavy atom. The molecule has 1 heterocycles. The van der Waals surface area contributed by atoms with Gasteiger partial charge in [-0.15, -0.1) is 0 Å². The largest absolute Gasteiger partial charge is 0.497 e. The molecular formula is C13H14FNO4. The van der Waals surface area contributed by atoms with E-state index in [2.05, 4.69) is 0 Å². The van der Waals surface area contributed by atoms with E-state index in [9.17, 15) is 14.0 Å². The molecule has 1 aromatic carbocycles. The van der Waals surface area contributed by atoms with E-state index in [1.807, 2.05) is 0 Å². The number of carbonyl (C=O) groups excluding carboxylic acids is 1. The second-order valence-corrected chi connectivity index (χ2v) is 4.42. The van der Waals surface area contributed by atoms with Crippen LogP contribution in [0.15, 0.2) is 18.2 Å². The standard InChI is InChI=1S/C13H14FNO4/c1-19-9-2-3-10(11(14)6-9)12(16)15-5-4-8(7-15)13(17)18/h2-3,6,8H,4-5,7H2,1H3,(H,17,18). The number of benzene rings is 1. The fraction of sp³-hybridized carbons (Fsp3) is 0.385. The third kappa shape index (κ3) is 2.67. The molecule has 1 amide bonds. The Kier molecular flexibility index (Phi) is 3.69. The van der Waals surface area contributed by atoms with E-state index < -0.39 is 23.6 Å². The van der Waals surface area contributed by atoms with Gasteiger partial charge in [0, 0.05) is 19.2 Å². The van der Waals surface area contributed by atoms with Gasteiger partial charge in [-0.1, -0.05) is 0 Å². The van der Waals surface area contributed by atoms with Gasteiger partial charge in [-0.25, -0.2) is 4.39 Å². The number of rotatable bonds is 3. The van der Waals surface area contributed by atoms with E-state index in [1.54, 1.807) is 0 Å². The molecule has 0 bridgehead atoms. The van der Waals surface area contributed by atoms with Crippen molar-refractivity contribution in [3.63, 3.8) is 0 Å². The van der Waals surface area contributed by atoms with Crippen molar-refractivity contribution >= 4 is 11.9 Å². The van der Waals surface area contributed by atoms with Crippen LogP contribution in [-0.2, 0) is 4.79 Å². The maximum absolute atomic E-state index is 13.8. The van der Waals surface area contributed by atoms with E-state index in [0.29, 0.717) is 18.7 Å². The van der Waals surface area contributed by atoms with Crippen LogP contribution in [-0.4, -0.2) is 42.1 Å². The van der Waals surface area contributed by atoms with Crippen molar-refractivity contribution in [1.82, 2.24) is 4.90 Å². The van der Waals surface area contributed by atoms with Gasteiger partial charge in [0.2, 0.25) is 0 Å². The number of aliphatic carboxylic acids is 1. The summed E-state index contributed by atoms with van der Waals surface area (Å²) >= 11 is 0. The number of likely N-dealkylation sites (tertiary alicyclic amines) is 1. The number of carbonyl (C=O) groups is 2. The maximum Gasteiger partial charge on any atom is 0.308 e. The average Bonchev–Trinajstić information content (AvgIpc) is 2.87. The summed E-state index contributed by atoms with van der Waals surface area (Å²) in [5.41, 5.74) is -0.0631. The lowest BCUT2D eigenvalue weighted by molar-refractivity contribution is -0.141. The van der Waals surface area contributed by atoms with E-state index in [0.717, 1.165) is 6.07 Å². The summed E-state index contributed by atoms with van der Waals surface area (Å²) in [5.74, 6) is -2.30. The topological polar surface area (TPSA) is 66.8 Å². The van der Waals surface area contributed by atoms with Crippen LogP contribution in [0.1, 0.15) is 16.8 Å². The Hall–Kier alpha value is -2.11. The molecule has 1 aliphatic rings. The number of hydrogen-bond acceptors (Lipinski definition) is 3. The number of carboxylic acids is 1. The molecule has 1 N–H and O–H groups in total. The Bertz CT molecular complexity index is 517. The number of methoxy groups -OCH3 is 1. The molecule has 1 atom stereocenters. The van der Waals surface area contributed by atoms with Crippen molar-refractivity contribution in [3.05, 3.63) is 29.6 Å². The summed E-state index contributed by atoms with van der Waals surface area (Å²) in [7, 11) is 1.41. The lowest BCUT2D eigenvalue weighted by Gasteiger charge is -2.16. The molecule has 1 unspecified atom stereocenters. The maximum atomic E-state index is 13.8. The van der Waals surface area contributed by atoms with Gasteiger partial charge < -0.3 is 14.7 Å². The first-order chi connectivity index (χ1) is 9.02. The van der Waals surface area contributed by atoms with Crippen molar-refractivity contribution in [2.45, 2.75) is 6.42 Å². The second kappa shape index (κ2) is 5.26. The van der Waals surface area contributed by atoms with Crippen LogP contribution in [0.4, 0.5) is 4.39 Å². The molecule has 1 fully saturated rings. The van der Waals surface area contributed by atoms with Gasteiger partial charge in [0.15, 0.2) is 0 Å². The lowest BCUT2D eigenvalue weighted by Crippen LogP contribution is -2.30. The van der Waals surface area contributed by atoms with Crippen molar-refractivity contribution < 1.29 is 23.8 Å². The van der Waals surface area contributed by atoms with Crippen molar-refractivity contribution in [3.8, 4) is 5.75 Å². The Morgan fingerprint density at radius 1 is 1.47 bits per heavy atom. The number of amides is 1. The molecule has 1 aromatic rings. The lowest BCUT2D eigenvalue weighted by atomic mass is 10.1. The summed E-state index contributed by atoms with van der Waals surface area (Å²) < 4.78 is 18.6. The van der Waals surface area contributed by atoms with Gasteiger partial charge in [-0.2, -0.15) is 0 Å². The monoisotopic (exact) mass is 267 g/mol. The predicted molar refractivity (Wildman–Crippen MR) is 64.6 cm³/mol. The highest BCUT2D eigenvalue weighted by Crippen LogP contribution is 2.22. The quantitative estimate of drug-likeness (QED) is 0.898. The first-order valence-electron chi connectivity index (χ1n) is 5.88. The number of ether oxygens (including phenoxy) is 1. The number of carboxylic acid groups (broad SMARTS) is 1. The molecule has 0 radical (unpaired) electrons. The summed E-state index contributed by atoms with van der Waals surface area (Å²) in [6.45, 7) is 0.459. The van der Waals surface area contributed by atoms with Gasteiger partial charge >= 0.3 is 5.97 Å². The van der Waals surface area contributed by atoms with E-state index in [-0.39, 0.29) is 12.1 Å². The fourth-order valence-corrected chi connectivity index (χ4v) is 2.11. The van der Waals surface area contributed by atoms with E-state index in [4.69, 9.17) is 9.84 Å². The van der Waals surface area contributed by atoms with Crippen LogP contribution < -0.4 is 4.74 Å². The van der Waals surface area contributed by atoms with Gasteiger partial charge in [-0.3, -0.25) is 9.59 Å². The van der Waals surface area contributed by atoms with Gasteiger partial charge in [0.25, 0.3) is 5.91 Å². The van der Waals surface area contributed by atoms with Gasteiger partial charge in [0.1, 0.15) is 11.6 Å². The molecule has 0 spiro atoms. The van der Waals surface area contributed by atoms with Gasteiger partial charge in [-0.05, 0) is 18.6 Å². The van der Waals surface area contributed by atoms with Crippen molar-refractivity contribution in [2.75, 3.05) is 20.2 Å². The Labute approximate surface area is 109 Å². The van der Waals surface area contributed by atoms with Crippen LogP contribution in [0.2, 0.25) is 0 Å². The van der Waals surface area contributed by atoms with E-state index in [1.165, 1.54) is 24.1 Å². The van der Waals surface area contributed by atoms with Gasteiger partial charge in [0.05, 0.1) is 18.6 Å². The first kappa shape index (κ1) is 13.3. The number of halogens is 1. The predicted octanol–water partition coefficient (Wildman–Crippen LogP) is 1.38. The molecule has 1 saturated heterocycles. The highest BCUT2D eigenvalue weighted by atomic mass is 19.1. The SMILES string of the molecule is COc1ccc(C(=O)N2CCC(C(=O)O)C2)c(F)c1. The van der Waals surface area contributed by atoms with Crippen LogP contribution in [0.25, 0.3) is 0 Å². The molecule has 1 aliphatic heterocycles.